The highest BCUT2D eigenvalue weighted by molar-refractivity contribution is 6.42. The fraction of sp³-hybridized carbons (Fsp3) is 0.538. The van der Waals surface area contributed by atoms with Crippen molar-refractivity contribution in [2.24, 2.45) is 5.73 Å². The average molecular weight is 305 g/mol. The van der Waals surface area contributed by atoms with Crippen LogP contribution in [0.25, 0.3) is 0 Å². The SMILES string of the molecule is N[C@@H]1CCN(C[C@@H](O)COc2ccc(Cl)c(Cl)c2)C1. The van der Waals surface area contributed by atoms with Crippen LogP contribution in [0.5, 0.6) is 5.75 Å². The molecule has 3 N–H and O–H groups in total. The van der Waals surface area contributed by atoms with Crippen LogP contribution >= 0.6 is 23.2 Å². The molecule has 19 heavy (non-hydrogen) atoms. The van der Waals surface area contributed by atoms with E-state index in [9.17, 15) is 5.11 Å². The molecule has 1 saturated heterocycles. The zero-order chi connectivity index (χ0) is 13.8. The summed E-state index contributed by atoms with van der Waals surface area (Å²) in [5, 5.41) is 10.8. The van der Waals surface area contributed by atoms with Crippen molar-refractivity contribution >= 4 is 23.2 Å². The van der Waals surface area contributed by atoms with Gasteiger partial charge in [-0.1, -0.05) is 23.2 Å². The van der Waals surface area contributed by atoms with E-state index in [0.717, 1.165) is 19.5 Å². The number of benzene rings is 1. The summed E-state index contributed by atoms with van der Waals surface area (Å²) in [5.41, 5.74) is 5.81. The number of aliphatic hydroxyl groups excluding tert-OH is 1. The first kappa shape index (κ1) is 14.9. The van der Waals surface area contributed by atoms with Crippen LogP contribution in [-0.2, 0) is 0 Å². The van der Waals surface area contributed by atoms with Gasteiger partial charge in [-0.25, -0.2) is 0 Å². The summed E-state index contributed by atoms with van der Waals surface area (Å²) in [7, 11) is 0. The summed E-state index contributed by atoms with van der Waals surface area (Å²) in [6.07, 6.45) is 0.445. The number of β-amino-alcohol motifs (C(OH)–C–C–N with tert-alkyl or cyclic N) is 1. The Labute approximate surface area is 123 Å². The van der Waals surface area contributed by atoms with E-state index in [1.807, 2.05) is 0 Å². The first-order chi connectivity index (χ1) is 9.04. The Kier molecular flexibility index (Phi) is 5.30. The van der Waals surface area contributed by atoms with E-state index < -0.39 is 6.10 Å². The van der Waals surface area contributed by atoms with Gasteiger partial charge in [0.1, 0.15) is 18.5 Å². The maximum absolute atomic E-state index is 9.91. The Morgan fingerprint density at radius 2 is 2.21 bits per heavy atom. The maximum Gasteiger partial charge on any atom is 0.121 e. The molecule has 1 heterocycles. The zero-order valence-electron chi connectivity index (χ0n) is 10.6. The topological polar surface area (TPSA) is 58.7 Å². The second kappa shape index (κ2) is 6.77. The molecular weight excluding hydrogens is 287 g/mol. The number of rotatable bonds is 5. The first-order valence-electron chi connectivity index (χ1n) is 6.28. The summed E-state index contributed by atoms with van der Waals surface area (Å²) >= 11 is 11.7. The fourth-order valence-corrected chi connectivity index (χ4v) is 2.43. The summed E-state index contributed by atoms with van der Waals surface area (Å²) in [6, 6.07) is 5.27. The van der Waals surface area contributed by atoms with E-state index in [4.69, 9.17) is 33.7 Å². The summed E-state index contributed by atoms with van der Waals surface area (Å²) in [5.74, 6) is 0.603. The largest absolute Gasteiger partial charge is 0.491 e. The predicted octanol–water partition coefficient (Wildman–Crippen LogP) is 1.77. The lowest BCUT2D eigenvalue weighted by atomic mass is 10.3. The highest BCUT2D eigenvalue weighted by atomic mass is 35.5. The molecule has 4 nitrogen and oxygen atoms in total. The molecular formula is C13H18Cl2N2O2. The van der Waals surface area contributed by atoms with Crippen LogP contribution in [0.3, 0.4) is 0 Å². The van der Waals surface area contributed by atoms with Gasteiger partial charge in [0.05, 0.1) is 10.0 Å². The van der Waals surface area contributed by atoms with E-state index in [2.05, 4.69) is 4.90 Å². The number of nitrogens with zero attached hydrogens (tertiary/aromatic N) is 1. The lowest BCUT2D eigenvalue weighted by molar-refractivity contribution is 0.0755. The molecule has 2 rings (SSSR count). The predicted molar refractivity (Wildman–Crippen MR) is 77.0 cm³/mol. The van der Waals surface area contributed by atoms with Gasteiger partial charge in [0, 0.05) is 25.2 Å². The van der Waals surface area contributed by atoms with E-state index >= 15 is 0 Å². The minimum Gasteiger partial charge on any atom is -0.491 e. The molecule has 0 unspecified atom stereocenters. The van der Waals surface area contributed by atoms with Crippen molar-refractivity contribution < 1.29 is 9.84 Å². The molecule has 2 atom stereocenters. The third kappa shape index (κ3) is 4.51. The van der Waals surface area contributed by atoms with Gasteiger partial charge in [0.15, 0.2) is 0 Å². The minimum atomic E-state index is -0.542. The standard InChI is InChI=1S/C13H18Cl2N2O2/c14-12-2-1-11(5-13(12)15)19-8-10(18)7-17-4-3-9(16)6-17/h1-2,5,9-10,18H,3-4,6-8,16H2/t9-,10-/m1/s1. The van der Waals surface area contributed by atoms with Crippen molar-refractivity contribution in [1.29, 1.82) is 0 Å². The van der Waals surface area contributed by atoms with Gasteiger partial charge in [-0.2, -0.15) is 0 Å². The van der Waals surface area contributed by atoms with Crippen molar-refractivity contribution in [1.82, 2.24) is 4.90 Å². The highest BCUT2D eigenvalue weighted by Gasteiger charge is 2.21. The molecule has 6 heteroatoms. The van der Waals surface area contributed by atoms with Crippen LogP contribution in [0.4, 0.5) is 0 Å². The van der Waals surface area contributed by atoms with Crippen LogP contribution in [0.15, 0.2) is 18.2 Å². The normalized spacial score (nSPS) is 21.6. The molecule has 0 saturated carbocycles. The van der Waals surface area contributed by atoms with Crippen molar-refractivity contribution in [3.8, 4) is 5.75 Å². The van der Waals surface area contributed by atoms with Gasteiger partial charge >= 0.3 is 0 Å². The van der Waals surface area contributed by atoms with Crippen molar-refractivity contribution in [2.75, 3.05) is 26.2 Å². The number of nitrogens with two attached hydrogens (primary N) is 1. The highest BCUT2D eigenvalue weighted by Crippen LogP contribution is 2.26. The van der Waals surface area contributed by atoms with Crippen molar-refractivity contribution in [3.63, 3.8) is 0 Å². The molecule has 0 aromatic heterocycles. The molecule has 0 bridgehead atoms. The maximum atomic E-state index is 9.91. The lowest BCUT2D eigenvalue weighted by Gasteiger charge is -2.20. The smallest absolute Gasteiger partial charge is 0.121 e. The Morgan fingerprint density at radius 1 is 1.42 bits per heavy atom. The Hall–Kier alpha value is -0.520. The zero-order valence-corrected chi connectivity index (χ0v) is 12.1. The molecule has 0 aliphatic carbocycles. The summed E-state index contributed by atoms with van der Waals surface area (Å²) < 4.78 is 5.49. The number of hydrogen-bond donors (Lipinski definition) is 2. The van der Waals surface area contributed by atoms with Crippen LogP contribution in [0.2, 0.25) is 10.0 Å². The third-order valence-corrected chi connectivity index (χ3v) is 3.85. The monoisotopic (exact) mass is 304 g/mol. The van der Waals surface area contributed by atoms with Crippen LogP contribution < -0.4 is 10.5 Å². The Bertz CT molecular complexity index is 431. The van der Waals surface area contributed by atoms with Gasteiger partial charge in [0.25, 0.3) is 0 Å². The van der Waals surface area contributed by atoms with Crippen LogP contribution in [0, 0.1) is 0 Å². The van der Waals surface area contributed by atoms with Gasteiger partial charge < -0.3 is 15.6 Å². The van der Waals surface area contributed by atoms with Crippen molar-refractivity contribution in [3.05, 3.63) is 28.2 Å². The number of likely N-dealkylation sites (tertiary alicyclic amines) is 1. The first-order valence-corrected chi connectivity index (χ1v) is 7.04. The van der Waals surface area contributed by atoms with Crippen molar-refractivity contribution in [2.45, 2.75) is 18.6 Å². The quantitative estimate of drug-likeness (QED) is 0.870. The molecule has 0 amide bonds. The van der Waals surface area contributed by atoms with Gasteiger partial charge in [-0.3, -0.25) is 4.90 Å². The van der Waals surface area contributed by atoms with Gasteiger partial charge in [-0.15, -0.1) is 0 Å². The Balaban J connectivity index is 1.76. The van der Waals surface area contributed by atoms with E-state index in [-0.39, 0.29) is 12.6 Å². The van der Waals surface area contributed by atoms with Gasteiger partial charge in [0.2, 0.25) is 0 Å². The average Bonchev–Trinajstić information content (AvgIpc) is 2.76. The summed E-state index contributed by atoms with van der Waals surface area (Å²) in [4.78, 5) is 2.15. The van der Waals surface area contributed by atoms with Crippen LogP contribution in [0.1, 0.15) is 6.42 Å². The minimum absolute atomic E-state index is 0.225. The molecule has 1 aromatic carbocycles. The van der Waals surface area contributed by atoms with Crippen LogP contribution in [-0.4, -0.2) is 48.4 Å². The molecule has 1 fully saturated rings. The number of aliphatic hydroxyl groups is 1. The second-order valence-corrected chi connectivity index (χ2v) is 5.66. The number of halogens is 2. The Morgan fingerprint density at radius 3 is 2.84 bits per heavy atom. The summed E-state index contributed by atoms with van der Waals surface area (Å²) in [6.45, 7) is 2.58. The molecule has 1 aromatic rings. The van der Waals surface area contributed by atoms with E-state index in [1.54, 1.807) is 18.2 Å². The van der Waals surface area contributed by atoms with E-state index in [1.165, 1.54) is 0 Å². The number of ether oxygens (including phenoxy) is 1. The fourth-order valence-electron chi connectivity index (χ4n) is 2.14. The third-order valence-electron chi connectivity index (χ3n) is 3.11. The lowest BCUT2D eigenvalue weighted by Crippen LogP contribution is -2.35. The van der Waals surface area contributed by atoms with E-state index in [0.29, 0.717) is 22.3 Å². The van der Waals surface area contributed by atoms with Gasteiger partial charge in [-0.05, 0) is 25.1 Å². The second-order valence-electron chi connectivity index (χ2n) is 4.85. The molecule has 1 aliphatic heterocycles. The molecule has 0 radical (unpaired) electrons. The number of hydrogen-bond acceptors (Lipinski definition) is 4. The molecule has 0 spiro atoms. The molecule has 106 valence electrons. The molecule has 1 aliphatic rings.